The zero-order chi connectivity index (χ0) is 13.2. The highest BCUT2D eigenvalue weighted by molar-refractivity contribution is 14.1. The summed E-state index contributed by atoms with van der Waals surface area (Å²) in [4.78, 5) is 15.3. The third-order valence-corrected chi connectivity index (χ3v) is 3.87. The van der Waals surface area contributed by atoms with E-state index in [0.29, 0.717) is 5.56 Å². The van der Waals surface area contributed by atoms with Gasteiger partial charge in [-0.3, -0.25) is 4.79 Å². The molecule has 3 nitrogen and oxygen atoms in total. The summed E-state index contributed by atoms with van der Waals surface area (Å²) in [7, 11) is 0. The number of carbonyl (C=O) groups excluding carboxylic acids is 1. The average molecular weight is 362 g/mol. The van der Waals surface area contributed by atoms with Crippen LogP contribution in [0.3, 0.4) is 0 Å². The first-order valence-electron chi connectivity index (χ1n) is 5.87. The molecule has 0 bridgehead atoms. The lowest BCUT2D eigenvalue weighted by Crippen LogP contribution is -2.13. The number of amides is 1. The smallest absolute Gasteiger partial charge is 0.256 e. The molecule has 0 saturated heterocycles. The van der Waals surface area contributed by atoms with Gasteiger partial charge in [-0.2, -0.15) is 0 Å². The van der Waals surface area contributed by atoms with Gasteiger partial charge < -0.3 is 10.3 Å². The van der Waals surface area contributed by atoms with Gasteiger partial charge in [0.2, 0.25) is 0 Å². The van der Waals surface area contributed by atoms with Gasteiger partial charge in [-0.25, -0.2) is 0 Å². The van der Waals surface area contributed by atoms with Crippen LogP contribution in [0.1, 0.15) is 10.4 Å². The highest BCUT2D eigenvalue weighted by atomic mass is 127. The van der Waals surface area contributed by atoms with Crippen LogP contribution in [0.15, 0.2) is 54.7 Å². The molecule has 2 aromatic carbocycles. The lowest BCUT2D eigenvalue weighted by atomic mass is 10.2. The lowest BCUT2D eigenvalue weighted by molar-refractivity contribution is 0.102. The van der Waals surface area contributed by atoms with Crippen LogP contribution in [0, 0.1) is 3.57 Å². The molecule has 0 spiro atoms. The minimum Gasteiger partial charge on any atom is -0.361 e. The van der Waals surface area contributed by atoms with Gasteiger partial charge in [-0.05, 0) is 59.0 Å². The molecule has 1 heterocycles. The predicted octanol–water partition coefficient (Wildman–Crippen LogP) is 4.02. The van der Waals surface area contributed by atoms with Gasteiger partial charge in [0.25, 0.3) is 5.91 Å². The summed E-state index contributed by atoms with van der Waals surface area (Å²) in [5, 5.41) is 4.01. The summed E-state index contributed by atoms with van der Waals surface area (Å²) in [5.41, 5.74) is 2.56. The third kappa shape index (κ3) is 2.49. The number of carbonyl (C=O) groups is 1. The van der Waals surface area contributed by atoms with Crippen molar-refractivity contribution in [2.75, 3.05) is 5.32 Å². The van der Waals surface area contributed by atoms with Crippen molar-refractivity contribution in [1.82, 2.24) is 4.98 Å². The van der Waals surface area contributed by atoms with E-state index >= 15 is 0 Å². The minimum atomic E-state index is -0.0834. The first-order chi connectivity index (χ1) is 9.24. The molecule has 1 aromatic heterocycles. The van der Waals surface area contributed by atoms with Gasteiger partial charge in [-0.15, -0.1) is 0 Å². The first-order valence-corrected chi connectivity index (χ1v) is 6.95. The molecule has 4 heteroatoms. The molecule has 0 atom stereocenters. The maximum Gasteiger partial charge on any atom is 0.256 e. The second-order valence-corrected chi connectivity index (χ2v) is 5.38. The van der Waals surface area contributed by atoms with Crippen LogP contribution >= 0.6 is 22.6 Å². The Morgan fingerprint density at radius 1 is 1.11 bits per heavy atom. The molecule has 0 fully saturated rings. The Hall–Kier alpha value is -1.82. The Morgan fingerprint density at radius 2 is 1.95 bits per heavy atom. The largest absolute Gasteiger partial charge is 0.361 e. The SMILES string of the molecule is O=C(Nc1ccc2[nH]ccc2c1)c1ccccc1I. The van der Waals surface area contributed by atoms with Crippen LogP contribution in [0.5, 0.6) is 0 Å². The van der Waals surface area contributed by atoms with Crippen molar-refractivity contribution < 1.29 is 4.79 Å². The third-order valence-electron chi connectivity index (χ3n) is 2.93. The maximum absolute atomic E-state index is 12.2. The molecule has 3 aromatic rings. The van der Waals surface area contributed by atoms with E-state index in [1.54, 1.807) is 0 Å². The summed E-state index contributed by atoms with van der Waals surface area (Å²) < 4.78 is 0.945. The van der Waals surface area contributed by atoms with Crippen molar-refractivity contribution in [1.29, 1.82) is 0 Å². The van der Waals surface area contributed by atoms with E-state index in [9.17, 15) is 4.79 Å². The van der Waals surface area contributed by atoms with Crippen LogP contribution in [-0.2, 0) is 0 Å². The fraction of sp³-hybridized carbons (Fsp3) is 0. The summed E-state index contributed by atoms with van der Waals surface area (Å²) in [6.45, 7) is 0. The van der Waals surface area contributed by atoms with Crippen molar-refractivity contribution in [2.24, 2.45) is 0 Å². The number of rotatable bonds is 2. The number of anilines is 1. The van der Waals surface area contributed by atoms with E-state index in [-0.39, 0.29) is 5.91 Å². The Kier molecular flexibility index (Phi) is 3.25. The highest BCUT2D eigenvalue weighted by Gasteiger charge is 2.09. The monoisotopic (exact) mass is 362 g/mol. The Morgan fingerprint density at radius 3 is 2.79 bits per heavy atom. The lowest BCUT2D eigenvalue weighted by Gasteiger charge is -2.07. The van der Waals surface area contributed by atoms with E-state index in [1.165, 1.54) is 0 Å². The minimum absolute atomic E-state index is 0.0834. The number of hydrogen-bond donors (Lipinski definition) is 2. The van der Waals surface area contributed by atoms with Crippen molar-refractivity contribution in [3.63, 3.8) is 0 Å². The molecule has 0 radical (unpaired) electrons. The number of benzene rings is 2. The van der Waals surface area contributed by atoms with Crippen molar-refractivity contribution in [3.8, 4) is 0 Å². The molecule has 0 saturated carbocycles. The second kappa shape index (κ2) is 5.05. The fourth-order valence-electron chi connectivity index (χ4n) is 1.97. The van der Waals surface area contributed by atoms with Gasteiger partial charge in [0, 0.05) is 26.4 Å². The molecule has 19 heavy (non-hydrogen) atoms. The topological polar surface area (TPSA) is 44.9 Å². The molecule has 3 rings (SSSR count). The molecule has 2 N–H and O–H groups in total. The summed E-state index contributed by atoms with van der Waals surface area (Å²) in [6, 6.07) is 15.3. The molecule has 0 unspecified atom stereocenters. The van der Waals surface area contributed by atoms with Gasteiger partial charge in [-0.1, -0.05) is 12.1 Å². The van der Waals surface area contributed by atoms with E-state index < -0.39 is 0 Å². The summed E-state index contributed by atoms with van der Waals surface area (Å²) >= 11 is 2.17. The molecule has 0 aliphatic carbocycles. The maximum atomic E-state index is 12.2. The van der Waals surface area contributed by atoms with E-state index in [1.807, 2.05) is 54.7 Å². The quantitative estimate of drug-likeness (QED) is 0.665. The number of aromatic nitrogens is 1. The number of nitrogens with one attached hydrogen (secondary N) is 2. The van der Waals surface area contributed by atoms with Crippen LogP contribution < -0.4 is 5.32 Å². The first kappa shape index (κ1) is 12.2. The van der Waals surface area contributed by atoms with Crippen molar-refractivity contribution in [3.05, 3.63) is 63.9 Å². The van der Waals surface area contributed by atoms with E-state index in [4.69, 9.17) is 0 Å². The van der Waals surface area contributed by atoms with E-state index in [2.05, 4.69) is 32.9 Å². The predicted molar refractivity (Wildman–Crippen MR) is 85.4 cm³/mol. The van der Waals surface area contributed by atoms with Gasteiger partial charge in [0.05, 0.1) is 5.56 Å². The number of hydrogen-bond acceptors (Lipinski definition) is 1. The Balaban J connectivity index is 1.88. The summed E-state index contributed by atoms with van der Waals surface area (Å²) in [6.07, 6.45) is 1.89. The molecule has 1 amide bonds. The molecular formula is C15H11IN2O. The van der Waals surface area contributed by atoms with Crippen LogP contribution in [0.25, 0.3) is 10.9 Å². The highest BCUT2D eigenvalue weighted by Crippen LogP contribution is 2.19. The molecular weight excluding hydrogens is 351 g/mol. The van der Waals surface area contributed by atoms with Crippen LogP contribution in [0.4, 0.5) is 5.69 Å². The zero-order valence-corrected chi connectivity index (χ0v) is 12.1. The van der Waals surface area contributed by atoms with Crippen molar-refractivity contribution >= 4 is 45.1 Å². The van der Waals surface area contributed by atoms with Crippen molar-refractivity contribution in [2.45, 2.75) is 0 Å². The fourth-order valence-corrected chi connectivity index (χ4v) is 2.61. The standard InChI is InChI=1S/C15H11IN2O/c16-13-4-2-1-3-12(13)15(19)18-11-5-6-14-10(9-11)7-8-17-14/h1-9,17H,(H,18,19). The summed E-state index contributed by atoms with van der Waals surface area (Å²) in [5.74, 6) is -0.0834. The average Bonchev–Trinajstić information content (AvgIpc) is 2.86. The van der Waals surface area contributed by atoms with E-state index in [0.717, 1.165) is 20.2 Å². The van der Waals surface area contributed by atoms with Gasteiger partial charge in [0.1, 0.15) is 0 Å². The normalized spacial score (nSPS) is 10.6. The zero-order valence-electron chi connectivity index (χ0n) is 9.98. The number of halogens is 1. The molecule has 94 valence electrons. The number of H-pyrrole nitrogens is 1. The molecule has 0 aliphatic heterocycles. The second-order valence-electron chi connectivity index (χ2n) is 4.21. The number of aromatic amines is 1. The molecule has 0 aliphatic rings. The van der Waals surface area contributed by atoms with Gasteiger partial charge >= 0.3 is 0 Å². The Labute approximate surface area is 124 Å². The van der Waals surface area contributed by atoms with Crippen LogP contribution in [-0.4, -0.2) is 10.9 Å². The Bertz CT molecular complexity index is 748. The number of fused-ring (bicyclic) bond motifs is 1. The van der Waals surface area contributed by atoms with Gasteiger partial charge in [0.15, 0.2) is 0 Å². The van der Waals surface area contributed by atoms with Crippen LogP contribution in [0.2, 0.25) is 0 Å².